The molecular formula is C19H20N4O2S. The van der Waals surface area contributed by atoms with E-state index in [0.717, 1.165) is 22.4 Å². The third kappa shape index (κ3) is 4.31. The highest BCUT2D eigenvalue weighted by molar-refractivity contribution is 7.80. The number of hydrogen-bond acceptors (Lipinski definition) is 6. The van der Waals surface area contributed by atoms with Gasteiger partial charge >= 0.3 is 0 Å². The maximum absolute atomic E-state index is 10.8. The summed E-state index contributed by atoms with van der Waals surface area (Å²) < 4.78 is 0. The Morgan fingerprint density at radius 2 is 1.88 bits per heavy atom. The van der Waals surface area contributed by atoms with Crippen LogP contribution < -0.4 is 21.6 Å². The van der Waals surface area contributed by atoms with Crippen molar-refractivity contribution >= 4 is 23.1 Å². The number of aliphatic hydroxyl groups is 1. The zero-order chi connectivity index (χ0) is 18.4. The molecule has 0 amide bonds. The van der Waals surface area contributed by atoms with Crippen LogP contribution in [0.15, 0.2) is 48.5 Å². The van der Waals surface area contributed by atoms with Gasteiger partial charge in [-0.15, -0.1) is 0 Å². The molecule has 2 aromatic carbocycles. The summed E-state index contributed by atoms with van der Waals surface area (Å²) in [6.45, 7) is 0.960. The van der Waals surface area contributed by atoms with Crippen LogP contribution in [0.2, 0.25) is 0 Å². The SMILES string of the molecule is NNC(=S)ONCCC(O)N1Cc2ccccc2C#Cc2ccccc21. The third-order valence-corrected chi connectivity index (χ3v) is 4.25. The fourth-order valence-corrected chi connectivity index (χ4v) is 2.83. The van der Waals surface area contributed by atoms with E-state index in [9.17, 15) is 5.11 Å². The maximum atomic E-state index is 10.8. The summed E-state index contributed by atoms with van der Waals surface area (Å²) in [4.78, 5) is 6.94. The first-order chi connectivity index (χ1) is 12.7. The van der Waals surface area contributed by atoms with Crippen LogP contribution in [0, 0.1) is 11.8 Å². The largest absolute Gasteiger partial charge is 0.377 e. The lowest BCUT2D eigenvalue weighted by molar-refractivity contribution is 0.122. The first-order valence-corrected chi connectivity index (χ1v) is 8.64. The average molecular weight is 368 g/mol. The summed E-state index contributed by atoms with van der Waals surface area (Å²) in [6.07, 6.45) is -0.295. The van der Waals surface area contributed by atoms with E-state index >= 15 is 0 Å². The topological polar surface area (TPSA) is 82.8 Å². The number of fused-ring (bicyclic) bond motifs is 2. The van der Waals surface area contributed by atoms with Gasteiger partial charge in [-0.1, -0.05) is 42.2 Å². The predicted octanol–water partition coefficient (Wildman–Crippen LogP) is 1.38. The number of nitrogens with two attached hydrogens (primary N) is 1. The Bertz CT molecular complexity index is 847. The number of anilines is 1. The molecule has 0 bridgehead atoms. The Balaban J connectivity index is 1.80. The molecule has 1 atom stereocenters. The number of hydrazine groups is 1. The van der Waals surface area contributed by atoms with Crippen LogP contribution >= 0.6 is 12.2 Å². The van der Waals surface area contributed by atoms with Crippen molar-refractivity contribution in [1.29, 1.82) is 0 Å². The van der Waals surface area contributed by atoms with Crippen LogP contribution in [0.3, 0.4) is 0 Å². The van der Waals surface area contributed by atoms with Crippen molar-refractivity contribution in [3.63, 3.8) is 0 Å². The number of hydroxylamine groups is 1. The number of nitrogens with one attached hydrogen (secondary N) is 2. The highest BCUT2D eigenvalue weighted by Crippen LogP contribution is 2.27. The molecule has 3 rings (SSSR count). The molecule has 6 nitrogen and oxygen atoms in total. The molecule has 1 unspecified atom stereocenters. The number of benzene rings is 2. The molecule has 1 heterocycles. The van der Waals surface area contributed by atoms with E-state index in [-0.39, 0.29) is 5.17 Å². The number of rotatable bonds is 5. The third-order valence-electron chi connectivity index (χ3n) is 4.05. The fraction of sp³-hybridized carbons (Fsp3) is 0.211. The number of hydrogen-bond donors (Lipinski definition) is 4. The van der Waals surface area contributed by atoms with Crippen molar-refractivity contribution in [1.82, 2.24) is 10.9 Å². The highest BCUT2D eigenvalue weighted by Gasteiger charge is 2.21. The predicted molar refractivity (Wildman–Crippen MR) is 105 cm³/mol. The molecule has 1 aliphatic heterocycles. The van der Waals surface area contributed by atoms with E-state index in [4.69, 9.17) is 22.9 Å². The molecule has 0 fully saturated rings. The van der Waals surface area contributed by atoms with E-state index in [1.807, 2.05) is 53.4 Å². The summed E-state index contributed by atoms with van der Waals surface area (Å²) >= 11 is 4.78. The molecule has 0 aliphatic carbocycles. The molecular weight excluding hydrogens is 348 g/mol. The van der Waals surface area contributed by atoms with Gasteiger partial charge in [0, 0.05) is 30.6 Å². The number of nitrogens with zero attached hydrogens (tertiary/aromatic N) is 1. The van der Waals surface area contributed by atoms with Crippen molar-refractivity contribution in [2.24, 2.45) is 5.84 Å². The Kier molecular flexibility index (Phi) is 6.04. The molecule has 2 aromatic rings. The van der Waals surface area contributed by atoms with Crippen molar-refractivity contribution in [2.75, 3.05) is 11.4 Å². The minimum absolute atomic E-state index is 0.0419. The van der Waals surface area contributed by atoms with Crippen LogP contribution in [0.4, 0.5) is 5.69 Å². The molecule has 26 heavy (non-hydrogen) atoms. The summed E-state index contributed by atoms with van der Waals surface area (Å²) in [6, 6.07) is 15.8. The molecule has 0 saturated heterocycles. The van der Waals surface area contributed by atoms with Crippen LogP contribution in [0.5, 0.6) is 0 Å². The zero-order valence-electron chi connectivity index (χ0n) is 14.1. The lowest BCUT2D eigenvalue weighted by Crippen LogP contribution is -2.39. The lowest BCUT2D eigenvalue weighted by Gasteiger charge is -2.32. The van der Waals surface area contributed by atoms with Crippen LogP contribution in [0.1, 0.15) is 23.1 Å². The van der Waals surface area contributed by atoms with E-state index in [0.29, 0.717) is 19.5 Å². The minimum Gasteiger partial charge on any atom is -0.377 e. The van der Waals surface area contributed by atoms with E-state index < -0.39 is 6.23 Å². The van der Waals surface area contributed by atoms with Gasteiger partial charge in [0.2, 0.25) is 0 Å². The van der Waals surface area contributed by atoms with Gasteiger partial charge in [-0.25, -0.2) is 5.84 Å². The number of para-hydroxylation sites is 1. The summed E-state index contributed by atoms with van der Waals surface area (Å²) in [5, 5.41) is 10.8. The van der Waals surface area contributed by atoms with Crippen LogP contribution in [0.25, 0.3) is 0 Å². The van der Waals surface area contributed by atoms with E-state index in [1.54, 1.807) is 0 Å². The van der Waals surface area contributed by atoms with E-state index in [1.165, 1.54) is 0 Å². The first kappa shape index (κ1) is 18.2. The van der Waals surface area contributed by atoms with Crippen molar-refractivity contribution in [2.45, 2.75) is 19.2 Å². The monoisotopic (exact) mass is 368 g/mol. The second kappa shape index (κ2) is 8.65. The Morgan fingerprint density at radius 3 is 2.69 bits per heavy atom. The van der Waals surface area contributed by atoms with Gasteiger partial charge in [0.05, 0.1) is 5.69 Å². The summed E-state index contributed by atoms with van der Waals surface area (Å²) in [7, 11) is 0. The Labute approximate surface area is 157 Å². The zero-order valence-corrected chi connectivity index (χ0v) is 14.9. The van der Waals surface area contributed by atoms with Crippen molar-refractivity contribution in [3.8, 4) is 11.8 Å². The molecule has 7 heteroatoms. The molecule has 0 spiro atoms. The van der Waals surface area contributed by atoms with Gasteiger partial charge in [0.1, 0.15) is 6.23 Å². The van der Waals surface area contributed by atoms with Crippen molar-refractivity contribution < 1.29 is 9.94 Å². The van der Waals surface area contributed by atoms with Gasteiger partial charge in [-0.05, 0) is 36.0 Å². The van der Waals surface area contributed by atoms with Crippen molar-refractivity contribution in [3.05, 3.63) is 65.2 Å². The maximum Gasteiger partial charge on any atom is 0.292 e. The van der Waals surface area contributed by atoms with Gasteiger partial charge in [0.15, 0.2) is 0 Å². The number of aliphatic hydroxyl groups excluding tert-OH is 1. The minimum atomic E-state index is -0.723. The second-order valence-electron chi connectivity index (χ2n) is 5.75. The lowest BCUT2D eigenvalue weighted by atomic mass is 10.0. The summed E-state index contributed by atoms with van der Waals surface area (Å²) in [5.74, 6) is 11.6. The van der Waals surface area contributed by atoms with Gasteiger partial charge in [-0.3, -0.25) is 5.43 Å². The normalized spacial score (nSPS) is 13.2. The number of thiocarbonyl (C=S) groups is 1. The second-order valence-corrected chi connectivity index (χ2v) is 6.12. The average Bonchev–Trinajstić information content (AvgIpc) is 2.66. The highest BCUT2D eigenvalue weighted by atomic mass is 32.1. The molecule has 0 radical (unpaired) electrons. The first-order valence-electron chi connectivity index (χ1n) is 8.23. The summed E-state index contributed by atoms with van der Waals surface area (Å²) in [5.41, 5.74) is 8.73. The molecule has 0 saturated carbocycles. The molecule has 1 aliphatic rings. The van der Waals surface area contributed by atoms with Gasteiger partial charge in [-0.2, -0.15) is 5.48 Å². The van der Waals surface area contributed by atoms with Gasteiger partial charge in [0.25, 0.3) is 5.17 Å². The molecule has 134 valence electrons. The van der Waals surface area contributed by atoms with Crippen LogP contribution in [-0.2, 0) is 11.4 Å². The Morgan fingerprint density at radius 1 is 1.19 bits per heavy atom. The fourth-order valence-electron chi connectivity index (χ4n) is 2.77. The molecule has 0 aromatic heterocycles. The Hall–Kier alpha value is -2.63. The van der Waals surface area contributed by atoms with Gasteiger partial charge < -0.3 is 14.8 Å². The standard InChI is InChI=1S/C19H20N4O2S/c20-22-19(26)25-21-12-11-18(24)23-13-16-7-2-1-5-14(16)9-10-15-6-3-4-8-17(15)23/h1-8,18,21,24H,11-13,20H2,(H,22,26). The van der Waals surface area contributed by atoms with E-state index in [2.05, 4.69) is 22.7 Å². The van der Waals surface area contributed by atoms with Crippen LogP contribution in [-0.4, -0.2) is 23.1 Å². The quantitative estimate of drug-likeness (QED) is 0.209. The molecule has 5 N–H and O–H groups in total. The smallest absolute Gasteiger partial charge is 0.292 e.